The molecule has 2 aliphatic heterocycles. The fourth-order valence-electron chi connectivity index (χ4n) is 3.82. The Morgan fingerprint density at radius 3 is 2.23 bits per heavy atom. The first-order valence-corrected chi connectivity index (χ1v) is 9.84. The summed E-state index contributed by atoms with van der Waals surface area (Å²) in [6.45, 7) is 7.17. The maximum atomic E-state index is 4.83. The Hall–Kier alpha value is -2.21. The van der Waals surface area contributed by atoms with Gasteiger partial charge in [-0.05, 0) is 18.4 Å². The van der Waals surface area contributed by atoms with Gasteiger partial charge in [0.25, 0.3) is 0 Å². The number of hydrogen-bond acceptors (Lipinski definition) is 6. The topological polar surface area (TPSA) is 48.4 Å². The van der Waals surface area contributed by atoms with E-state index in [2.05, 4.69) is 55.2 Å². The zero-order chi connectivity index (χ0) is 17.6. The Kier molecular flexibility index (Phi) is 5.59. The van der Waals surface area contributed by atoms with E-state index < -0.39 is 0 Å². The lowest BCUT2D eigenvalue weighted by Gasteiger charge is -2.34. The maximum absolute atomic E-state index is 4.83. The fraction of sp³-hybridized carbons (Fsp3) is 0.550. The third kappa shape index (κ3) is 4.30. The molecule has 0 spiro atoms. The van der Waals surface area contributed by atoms with Crippen LogP contribution in [0, 0.1) is 0 Å². The van der Waals surface area contributed by atoms with Crippen molar-refractivity contribution in [2.24, 2.45) is 0 Å². The van der Waals surface area contributed by atoms with Crippen molar-refractivity contribution in [1.82, 2.24) is 20.1 Å². The summed E-state index contributed by atoms with van der Waals surface area (Å²) < 4.78 is 0. The highest BCUT2D eigenvalue weighted by molar-refractivity contribution is 5.42. The molecule has 0 bridgehead atoms. The van der Waals surface area contributed by atoms with Crippen molar-refractivity contribution < 1.29 is 0 Å². The summed E-state index contributed by atoms with van der Waals surface area (Å²) in [5.41, 5.74) is 1.38. The molecule has 2 aromatic rings. The molecule has 6 nitrogen and oxygen atoms in total. The Morgan fingerprint density at radius 1 is 0.769 bits per heavy atom. The van der Waals surface area contributed by atoms with Gasteiger partial charge in [0.15, 0.2) is 5.82 Å². The quantitative estimate of drug-likeness (QED) is 0.843. The minimum absolute atomic E-state index is 0.783. The smallest absolute Gasteiger partial charge is 0.247 e. The van der Waals surface area contributed by atoms with Crippen LogP contribution in [0.1, 0.15) is 31.2 Å². The monoisotopic (exact) mass is 352 g/mol. The van der Waals surface area contributed by atoms with Crippen LogP contribution in [0.15, 0.2) is 36.5 Å². The predicted octanol–water partition coefficient (Wildman–Crippen LogP) is 2.57. The average molecular weight is 352 g/mol. The van der Waals surface area contributed by atoms with Crippen molar-refractivity contribution in [3.8, 4) is 0 Å². The van der Waals surface area contributed by atoms with Crippen LogP contribution in [0.4, 0.5) is 11.8 Å². The first-order chi connectivity index (χ1) is 12.9. The second kappa shape index (κ2) is 8.45. The molecule has 4 rings (SSSR count). The van der Waals surface area contributed by atoms with Crippen LogP contribution in [0.3, 0.4) is 0 Å². The van der Waals surface area contributed by atoms with E-state index in [0.29, 0.717) is 0 Å². The zero-order valence-corrected chi connectivity index (χ0v) is 15.4. The third-order valence-electron chi connectivity index (χ3n) is 5.37. The van der Waals surface area contributed by atoms with Crippen LogP contribution >= 0.6 is 0 Å². The van der Waals surface area contributed by atoms with Crippen molar-refractivity contribution in [2.75, 3.05) is 49.1 Å². The largest absolute Gasteiger partial charge is 0.355 e. The molecule has 26 heavy (non-hydrogen) atoms. The van der Waals surface area contributed by atoms with Crippen LogP contribution in [0.25, 0.3) is 0 Å². The third-order valence-corrected chi connectivity index (χ3v) is 5.37. The molecular weight excluding hydrogens is 324 g/mol. The van der Waals surface area contributed by atoms with E-state index in [0.717, 1.165) is 57.6 Å². The van der Waals surface area contributed by atoms with Crippen LogP contribution in [-0.4, -0.2) is 59.3 Å². The maximum Gasteiger partial charge on any atom is 0.247 e. The summed E-state index contributed by atoms with van der Waals surface area (Å²) in [6.07, 6.45) is 6.96. The number of hydrogen-bond donors (Lipinski definition) is 0. The SMILES string of the molecule is c1ccc(CN2CCN(c3nncc(N4CCCCCC4)n3)CC2)cc1. The summed E-state index contributed by atoms with van der Waals surface area (Å²) in [7, 11) is 0. The Morgan fingerprint density at radius 2 is 1.50 bits per heavy atom. The van der Waals surface area contributed by atoms with Crippen LogP contribution in [0.2, 0.25) is 0 Å². The van der Waals surface area contributed by atoms with Gasteiger partial charge in [-0.3, -0.25) is 4.90 Å². The highest BCUT2D eigenvalue weighted by Gasteiger charge is 2.21. The zero-order valence-electron chi connectivity index (χ0n) is 15.4. The van der Waals surface area contributed by atoms with E-state index in [1.54, 1.807) is 0 Å². The number of anilines is 2. The minimum Gasteiger partial charge on any atom is -0.355 e. The van der Waals surface area contributed by atoms with Crippen molar-refractivity contribution in [3.63, 3.8) is 0 Å². The first kappa shape index (κ1) is 17.2. The fourth-order valence-corrected chi connectivity index (χ4v) is 3.82. The summed E-state index contributed by atoms with van der Waals surface area (Å²) >= 11 is 0. The number of rotatable bonds is 4. The molecule has 1 aromatic heterocycles. The molecule has 6 heteroatoms. The van der Waals surface area contributed by atoms with Crippen LogP contribution in [0.5, 0.6) is 0 Å². The molecule has 0 radical (unpaired) electrons. The molecule has 0 aliphatic carbocycles. The van der Waals surface area contributed by atoms with Gasteiger partial charge in [0.2, 0.25) is 5.95 Å². The van der Waals surface area contributed by atoms with Crippen molar-refractivity contribution >= 4 is 11.8 Å². The van der Waals surface area contributed by atoms with Gasteiger partial charge in [-0.15, -0.1) is 5.10 Å². The molecule has 2 fully saturated rings. The number of piperazine rings is 1. The van der Waals surface area contributed by atoms with E-state index in [1.165, 1.54) is 31.2 Å². The van der Waals surface area contributed by atoms with Crippen molar-refractivity contribution in [2.45, 2.75) is 32.2 Å². The molecule has 138 valence electrons. The molecule has 2 aliphatic rings. The summed E-state index contributed by atoms with van der Waals surface area (Å²) in [5.74, 6) is 1.77. The highest BCUT2D eigenvalue weighted by Crippen LogP contribution is 2.19. The molecule has 0 saturated carbocycles. The van der Waals surface area contributed by atoms with Gasteiger partial charge in [-0.25, -0.2) is 0 Å². The number of nitrogens with zero attached hydrogens (tertiary/aromatic N) is 6. The van der Waals surface area contributed by atoms with Gasteiger partial charge >= 0.3 is 0 Å². The molecule has 2 saturated heterocycles. The minimum atomic E-state index is 0.783. The lowest BCUT2D eigenvalue weighted by Crippen LogP contribution is -2.46. The Labute approximate surface area is 155 Å². The van der Waals surface area contributed by atoms with Gasteiger partial charge in [0.1, 0.15) is 0 Å². The molecule has 0 atom stereocenters. The lowest BCUT2D eigenvalue weighted by atomic mass is 10.2. The summed E-state index contributed by atoms with van der Waals surface area (Å²) in [5, 5.41) is 8.55. The van der Waals surface area contributed by atoms with E-state index >= 15 is 0 Å². The second-order valence-electron chi connectivity index (χ2n) is 7.26. The lowest BCUT2D eigenvalue weighted by molar-refractivity contribution is 0.248. The Bertz CT molecular complexity index is 676. The summed E-state index contributed by atoms with van der Waals surface area (Å²) in [4.78, 5) is 12.0. The first-order valence-electron chi connectivity index (χ1n) is 9.84. The van der Waals surface area contributed by atoms with Gasteiger partial charge in [0, 0.05) is 45.8 Å². The molecular formula is C20H28N6. The molecule has 0 N–H and O–H groups in total. The highest BCUT2D eigenvalue weighted by atomic mass is 15.4. The molecule has 0 unspecified atom stereocenters. The molecule has 1 aromatic carbocycles. The summed E-state index contributed by atoms with van der Waals surface area (Å²) in [6, 6.07) is 10.7. The van der Waals surface area contributed by atoms with Gasteiger partial charge in [-0.2, -0.15) is 10.1 Å². The van der Waals surface area contributed by atoms with Crippen LogP contribution < -0.4 is 9.80 Å². The van der Waals surface area contributed by atoms with E-state index in [-0.39, 0.29) is 0 Å². The molecule has 0 amide bonds. The van der Waals surface area contributed by atoms with E-state index in [9.17, 15) is 0 Å². The van der Waals surface area contributed by atoms with Gasteiger partial charge < -0.3 is 9.80 Å². The average Bonchev–Trinajstić information content (AvgIpc) is 2.99. The number of benzene rings is 1. The van der Waals surface area contributed by atoms with Crippen molar-refractivity contribution in [1.29, 1.82) is 0 Å². The van der Waals surface area contributed by atoms with Crippen LogP contribution in [-0.2, 0) is 6.54 Å². The van der Waals surface area contributed by atoms with Gasteiger partial charge in [0.05, 0.1) is 6.20 Å². The van der Waals surface area contributed by atoms with E-state index in [1.807, 2.05) is 6.20 Å². The second-order valence-corrected chi connectivity index (χ2v) is 7.26. The normalized spacial score (nSPS) is 19.4. The molecule has 3 heterocycles. The predicted molar refractivity (Wildman–Crippen MR) is 104 cm³/mol. The Balaban J connectivity index is 1.36. The number of aromatic nitrogens is 3. The standard InChI is InChI=1S/C20H28N6/c1-2-7-11-25(10-6-1)19-16-21-23-20(22-19)26-14-12-24(13-15-26)17-18-8-4-3-5-9-18/h3-5,8-9,16H,1-2,6-7,10-15,17H2. The van der Waals surface area contributed by atoms with Gasteiger partial charge in [-0.1, -0.05) is 43.2 Å². The van der Waals surface area contributed by atoms with Crippen molar-refractivity contribution in [3.05, 3.63) is 42.1 Å². The van der Waals surface area contributed by atoms with E-state index in [4.69, 9.17) is 4.98 Å².